The average Bonchev–Trinajstić information content (AvgIpc) is 3.29. The number of carbonyl (C=O) groups is 1. The molecule has 0 radical (unpaired) electrons. The van der Waals surface area contributed by atoms with Crippen LogP contribution in [0.25, 0.3) is 16.7 Å². The molecule has 0 spiro atoms. The highest BCUT2D eigenvalue weighted by Gasteiger charge is 2.18. The summed E-state index contributed by atoms with van der Waals surface area (Å²) < 4.78 is 12.0. The van der Waals surface area contributed by atoms with Gasteiger partial charge in [0.25, 0.3) is 5.56 Å². The van der Waals surface area contributed by atoms with Crippen LogP contribution in [-0.2, 0) is 4.79 Å². The number of H-pyrrole nitrogens is 1. The van der Waals surface area contributed by atoms with E-state index in [1.165, 1.54) is 17.9 Å². The van der Waals surface area contributed by atoms with E-state index in [2.05, 4.69) is 20.5 Å². The van der Waals surface area contributed by atoms with E-state index in [1.807, 2.05) is 6.92 Å². The molecule has 0 aliphatic carbocycles. The van der Waals surface area contributed by atoms with Crippen LogP contribution in [0.3, 0.4) is 0 Å². The lowest BCUT2D eigenvalue weighted by Gasteiger charge is -2.15. The van der Waals surface area contributed by atoms with Crippen LogP contribution >= 0.6 is 23.4 Å². The number of benzene rings is 2. The summed E-state index contributed by atoms with van der Waals surface area (Å²) in [6.45, 7) is 1.82. The molecule has 0 aliphatic rings. The third-order valence-corrected chi connectivity index (χ3v) is 6.29. The molecule has 2 aromatic carbocycles. The van der Waals surface area contributed by atoms with E-state index in [4.69, 9.17) is 21.1 Å². The van der Waals surface area contributed by atoms with Crippen molar-refractivity contribution in [2.75, 3.05) is 25.3 Å². The topological polar surface area (TPSA) is 111 Å². The smallest absolute Gasteiger partial charge is 0.269 e. The van der Waals surface area contributed by atoms with Crippen LogP contribution in [-0.4, -0.2) is 45.6 Å². The minimum Gasteiger partial charge on any atom is -0.497 e. The zero-order valence-corrected chi connectivity index (χ0v) is 19.6. The number of aromatic nitrogens is 4. The fourth-order valence-electron chi connectivity index (χ4n) is 3.24. The lowest BCUT2D eigenvalue weighted by atomic mass is 10.2. The van der Waals surface area contributed by atoms with E-state index >= 15 is 0 Å². The Morgan fingerprint density at radius 3 is 2.82 bits per heavy atom. The lowest BCUT2D eigenvalue weighted by Crippen LogP contribution is -2.23. The highest BCUT2D eigenvalue weighted by atomic mass is 35.5. The predicted octanol–water partition coefficient (Wildman–Crippen LogP) is 3.82. The molecule has 170 valence electrons. The Bertz CT molecular complexity index is 1400. The van der Waals surface area contributed by atoms with Crippen molar-refractivity contribution in [3.63, 3.8) is 0 Å². The Hall–Kier alpha value is -3.50. The van der Waals surface area contributed by atoms with E-state index in [-0.39, 0.29) is 17.2 Å². The van der Waals surface area contributed by atoms with E-state index < -0.39 is 0 Å². The minimum atomic E-state index is -0.307. The molecule has 33 heavy (non-hydrogen) atoms. The number of amides is 1. The Morgan fingerprint density at radius 1 is 1.24 bits per heavy atom. The molecule has 2 heterocycles. The second kappa shape index (κ2) is 9.55. The highest BCUT2D eigenvalue weighted by molar-refractivity contribution is 7.99. The van der Waals surface area contributed by atoms with Crippen molar-refractivity contribution in [3.8, 4) is 17.2 Å². The summed E-state index contributed by atoms with van der Waals surface area (Å²) in [7, 11) is 3.06. The summed E-state index contributed by atoms with van der Waals surface area (Å²) in [5.74, 6) is 0.783. The van der Waals surface area contributed by atoms with Gasteiger partial charge in [-0.15, -0.1) is 0 Å². The van der Waals surface area contributed by atoms with Crippen LogP contribution in [0.1, 0.15) is 5.56 Å². The molecule has 0 bridgehead atoms. The number of hydrogen-bond donors (Lipinski definition) is 2. The first-order valence-electron chi connectivity index (χ1n) is 9.79. The van der Waals surface area contributed by atoms with Crippen molar-refractivity contribution in [1.29, 1.82) is 0 Å². The number of methoxy groups -OCH3 is 2. The second-order valence-corrected chi connectivity index (χ2v) is 8.30. The number of aromatic amines is 1. The van der Waals surface area contributed by atoms with Crippen molar-refractivity contribution in [2.24, 2.45) is 0 Å². The van der Waals surface area contributed by atoms with Gasteiger partial charge < -0.3 is 14.8 Å². The maximum absolute atomic E-state index is 13.2. The van der Waals surface area contributed by atoms with E-state index in [1.54, 1.807) is 43.5 Å². The van der Waals surface area contributed by atoms with Gasteiger partial charge in [0, 0.05) is 11.1 Å². The van der Waals surface area contributed by atoms with Crippen LogP contribution in [0.5, 0.6) is 11.5 Å². The van der Waals surface area contributed by atoms with Crippen molar-refractivity contribution >= 4 is 46.0 Å². The van der Waals surface area contributed by atoms with Gasteiger partial charge in [-0.25, -0.2) is 4.98 Å². The number of fused-ring (bicyclic) bond motifs is 1. The Kier molecular flexibility index (Phi) is 6.57. The van der Waals surface area contributed by atoms with E-state index in [0.717, 1.165) is 17.3 Å². The molecule has 11 heteroatoms. The van der Waals surface area contributed by atoms with Gasteiger partial charge in [-0.05, 0) is 36.8 Å². The van der Waals surface area contributed by atoms with Crippen LogP contribution in [0, 0.1) is 6.92 Å². The first-order valence-corrected chi connectivity index (χ1v) is 11.2. The first kappa shape index (κ1) is 22.7. The zero-order chi connectivity index (χ0) is 23.5. The van der Waals surface area contributed by atoms with Gasteiger partial charge in [0.05, 0.1) is 37.5 Å². The standard InChI is InChI=1S/C22H20ClN5O4S/c1-12-15(23)5-4-6-17(12)28-21(30)14-10-24-27-20(14)26-22(28)33-11-19(29)25-16-8-7-13(31-2)9-18(16)32-3/h4-10H,11H2,1-3H3,(H,24,27)(H,25,29). The van der Waals surface area contributed by atoms with Crippen molar-refractivity contribution in [1.82, 2.24) is 19.7 Å². The number of nitrogens with one attached hydrogen (secondary N) is 2. The van der Waals surface area contributed by atoms with Crippen molar-refractivity contribution in [2.45, 2.75) is 12.1 Å². The first-order chi connectivity index (χ1) is 15.9. The van der Waals surface area contributed by atoms with Gasteiger partial charge in [0.2, 0.25) is 5.91 Å². The number of carbonyl (C=O) groups excluding carboxylic acids is 1. The Morgan fingerprint density at radius 2 is 2.06 bits per heavy atom. The van der Waals surface area contributed by atoms with Gasteiger partial charge in [-0.2, -0.15) is 5.10 Å². The number of nitrogens with zero attached hydrogens (tertiary/aromatic N) is 3. The van der Waals surface area contributed by atoms with Crippen molar-refractivity contribution < 1.29 is 14.3 Å². The molecule has 9 nitrogen and oxygen atoms in total. The number of hydrogen-bond acceptors (Lipinski definition) is 7. The second-order valence-electron chi connectivity index (χ2n) is 6.95. The molecule has 1 amide bonds. The molecule has 2 N–H and O–H groups in total. The lowest BCUT2D eigenvalue weighted by molar-refractivity contribution is -0.113. The molecule has 4 rings (SSSR count). The summed E-state index contributed by atoms with van der Waals surface area (Å²) in [6.07, 6.45) is 1.43. The molecule has 0 atom stereocenters. The van der Waals surface area contributed by atoms with Crippen LogP contribution in [0.15, 0.2) is 52.5 Å². The maximum Gasteiger partial charge on any atom is 0.269 e. The summed E-state index contributed by atoms with van der Waals surface area (Å²) in [6, 6.07) is 10.4. The van der Waals surface area contributed by atoms with Gasteiger partial charge in [-0.1, -0.05) is 29.4 Å². The number of anilines is 1. The normalized spacial score (nSPS) is 10.9. The molecular formula is C22H20ClN5O4S. The van der Waals surface area contributed by atoms with Crippen molar-refractivity contribution in [3.05, 3.63) is 63.5 Å². The van der Waals surface area contributed by atoms with E-state index in [9.17, 15) is 9.59 Å². The van der Waals surface area contributed by atoms with E-state index in [0.29, 0.717) is 44.1 Å². The van der Waals surface area contributed by atoms with Gasteiger partial charge in [0.15, 0.2) is 10.8 Å². The molecule has 0 fully saturated rings. The molecule has 0 unspecified atom stereocenters. The third kappa shape index (κ3) is 4.53. The molecule has 0 saturated carbocycles. The summed E-state index contributed by atoms with van der Waals surface area (Å²) in [5.41, 5.74) is 1.85. The largest absolute Gasteiger partial charge is 0.497 e. The van der Waals surface area contributed by atoms with Gasteiger partial charge in [-0.3, -0.25) is 19.3 Å². The maximum atomic E-state index is 13.2. The Balaban J connectivity index is 1.65. The highest BCUT2D eigenvalue weighted by Crippen LogP contribution is 2.30. The predicted molar refractivity (Wildman–Crippen MR) is 128 cm³/mol. The fourth-order valence-corrected chi connectivity index (χ4v) is 4.21. The molecule has 0 saturated heterocycles. The minimum absolute atomic E-state index is 0.000874. The summed E-state index contributed by atoms with van der Waals surface area (Å²) in [4.78, 5) is 30.5. The third-order valence-electron chi connectivity index (χ3n) is 4.95. The number of rotatable bonds is 7. The number of ether oxygens (including phenoxy) is 2. The summed E-state index contributed by atoms with van der Waals surface area (Å²) >= 11 is 7.41. The van der Waals surface area contributed by atoms with Crippen LogP contribution in [0.4, 0.5) is 5.69 Å². The zero-order valence-electron chi connectivity index (χ0n) is 18.0. The fraction of sp³-hybridized carbons (Fsp3) is 0.182. The quantitative estimate of drug-likeness (QED) is 0.302. The summed E-state index contributed by atoms with van der Waals surface area (Å²) in [5, 5.41) is 10.6. The van der Waals surface area contributed by atoms with Crippen LogP contribution < -0.4 is 20.3 Å². The monoisotopic (exact) mass is 485 g/mol. The SMILES string of the molecule is COc1ccc(NC(=O)CSc2nc3[nH]ncc3c(=O)n2-c2cccc(Cl)c2C)c(OC)c1. The molecule has 2 aromatic heterocycles. The van der Waals surface area contributed by atoms with Crippen LogP contribution in [0.2, 0.25) is 5.02 Å². The average molecular weight is 486 g/mol. The number of halogens is 1. The number of thioether (sulfide) groups is 1. The Labute approximate surface area is 198 Å². The van der Waals surface area contributed by atoms with Gasteiger partial charge >= 0.3 is 0 Å². The van der Waals surface area contributed by atoms with Gasteiger partial charge in [0.1, 0.15) is 16.9 Å². The molecular weight excluding hydrogens is 466 g/mol. The molecule has 0 aliphatic heterocycles. The molecule has 4 aromatic rings.